The fourth-order valence-electron chi connectivity index (χ4n) is 3.16. The van der Waals surface area contributed by atoms with E-state index in [0.29, 0.717) is 11.4 Å². The van der Waals surface area contributed by atoms with E-state index in [4.69, 9.17) is 4.74 Å². The van der Waals surface area contributed by atoms with Gasteiger partial charge in [0.15, 0.2) is 6.04 Å². The van der Waals surface area contributed by atoms with Crippen molar-refractivity contribution in [3.05, 3.63) is 59.9 Å². The average molecular weight is 410 g/mol. The molecule has 2 aromatic carbocycles. The summed E-state index contributed by atoms with van der Waals surface area (Å²) in [7, 11) is 1.49. The van der Waals surface area contributed by atoms with E-state index in [1.807, 2.05) is 5.32 Å². The van der Waals surface area contributed by atoms with Gasteiger partial charge in [0.05, 0.1) is 13.0 Å². The Morgan fingerprint density at radius 3 is 2.31 bits per heavy atom. The smallest absolute Gasteiger partial charge is 0.412 e. The van der Waals surface area contributed by atoms with E-state index in [1.54, 1.807) is 24.3 Å². The summed E-state index contributed by atoms with van der Waals surface area (Å²) in [5.74, 6) is -2.28. The summed E-state index contributed by atoms with van der Waals surface area (Å²) in [5.41, 5.74) is 0.237. The second-order valence-electron chi connectivity index (χ2n) is 6.64. The van der Waals surface area contributed by atoms with Crippen molar-refractivity contribution in [1.29, 1.82) is 0 Å². The molecule has 9 heteroatoms. The van der Waals surface area contributed by atoms with Gasteiger partial charge in [-0.05, 0) is 42.0 Å². The zero-order valence-electron chi connectivity index (χ0n) is 15.4. The summed E-state index contributed by atoms with van der Waals surface area (Å²) in [6.45, 7) is -0.0367. The summed E-state index contributed by atoms with van der Waals surface area (Å²) in [4.78, 5) is 26.1. The third-order valence-corrected chi connectivity index (χ3v) is 4.70. The number of amides is 2. The van der Waals surface area contributed by atoms with Crippen LogP contribution in [0.3, 0.4) is 0 Å². The first-order chi connectivity index (χ1) is 13.7. The average Bonchev–Trinajstić information content (AvgIpc) is 3.08. The van der Waals surface area contributed by atoms with Gasteiger partial charge in [0.25, 0.3) is 0 Å². The van der Waals surface area contributed by atoms with Crippen LogP contribution in [0.2, 0.25) is 0 Å². The monoisotopic (exact) mass is 410 g/mol. The van der Waals surface area contributed by atoms with Crippen LogP contribution < -0.4 is 15.0 Å². The van der Waals surface area contributed by atoms with Crippen LogP contribution in [0.25, 0.3) is 0 Å². The van der Waals surface area contributed by atoms with Crippen LogP contribution in [0.4, 0.5) is 23.2 Å². The standard InChI is InChI=1S/C20H18F4N2O3/c1-29-16-8-6-15(7-9-16)26-11-13(10-17(26)27)19(28)25-18(20(22,23)24)12-2-4-14(21)5-3-12/h2-9,13,18H,10-11H2,1H3,(H,25,28). The first kappa shape index (κ1) is 20.6. The molecule has 3 rings (SSSR count). The number of anilines is 1. The lowest BCUT2D eigenvalue weighted by Gasteiger charge is -2.24. The Kier molecular flexibility index (Phi) is 5.76. The number of hydrogen-bond acceptors (Lipinski definition) is 3. The summed E-state index contributed by atoms with van der Waals surface area (Å²) in [5, 5.41) is 1.96. The Balaban J connectivity index is 1.73. The summed E-state index contributed by atoms with van der Waals surface area (Å²) < 4.78 is 58.4. The molecule has 29 heavy (non-hydrogen) atoms. The minimum Gasteiger partial charge on any atom is -0.497 e. The van der Waals surface area contributed by atoms with Crippen LogP contribution >= 0.6 is 0 Å². The van der Waals surface area contributed by atoms with Crippen molar-refractivity contribution < 1.29 is 31.9 Å². The zero-order valence-corrected chi connectivity index (χ0v) is 15.4. The van der Waals surface area contributed by atoms with E-state index < -0.39 is 29.9 Å². The van der Waals surface area contributed by atoms with E-state index in [9.17, 15) is 27.2 Å². The number of halogens is 4. The molecule has 0 radical (unpaired) electrons. The molecule has 0 spiro atoms. The van der Waals surface area contributed by atoms with Crippen molar-refractivity contribution in [2.24, 2.45) is 5.92 Å². The van der Waals surface area contributed by atoms with Crippen molar-refractivity contribution in [2.45, 2.75) is 18.6 Å². The number of methoxy groups -OCH3 is 1. The van der Waals surface area contributed by atoms with Gasteiger partial charge in [-0.15, -0.1) is 0 Å². The summed E-state index contributed by atoms with van der Waals surface area (Å²) in [6, 6.07) is 7.99. The van der Waals surface area contributed by atoms with Gasteiger partial charge in [-0.25, -0.2) is 4.39 Å². The van der Waals surface area contributed by atoms with Crippen LogP contribution in [0.5, 0.6) is 5.75 Å². The molecule has 2 atom stereocenters. The highest BCUT2D eigenvalue weighted by molar-refractivity contribution is 6.00. The number of nitrogens with zero attached hydrogens (tertiary/aromatic N) is 1. The van der Waals surface area contributed by atoms with Gasteiger partial charge in [-0.2, -0.15) is 13.2 Å². The van der Waals surface area contributed by atoms with Gasteiger partial charge in [0, 0.05) is 18.7 Å². The second kappa shape index (κ2) is 8.10. The van der Waals surface area contributed by atoms with Gasteiger partial charge in [-0.3, -0.25) is 9.59 Å². The number of ether oxygens (including phenoxy) is 1. The number of benzene rings is 2. The van der Waals surface area contributed by atoms with Crippen LogP contribution in [-0.2, 0) is 9.59 Å². The molecule has 1 fully saturated rings. The van der Waals surface area contributed by atoms with Crippen molar-refractivity contribution in [2.75, 3.05) is 18.6 Å². The molecule has 5 nitrogen and oxygen atoms in total. The van der Waals surface area contributed by atoms with Crippen LogP contribution in [-0.4, -0.2) is 31.6 Å². The highest BCUT2D eigenvalue weighted by atomic mass is 19.4. The molecule has 1 saturated heterocycles. The lowest BCUT2D eigenvalue weighted by Crippen LogP contribution is -2.41. The molecule has 0 aliphatic carbocycles. The fraction of sp³-hybridized carbons (Fsp3) is 0.300. The molecule has 0 aromatic heterocycles. The van der Waals surface area contributed by atoms with E-state index in [2.05, 4.69) is 0 Å². The second-order valence-corrected chi connectivity index (χ2v) is 6.64. The normalized spacial score (nSPS) is 17.9. The number of nitrogens with one attached hydrogen (secondary N) is 1. The number of rotatable bonds is 5. The molecule has 1 aliphatic heterocycles. The maximum absolute atomic E-state index is 13.4. The lowest BCUT2D eigenvalue weighted by molar-refractivity contribution is -0.164. The predicted molar refractivity (Wildman–Crippen MR) is 96.8 cm³/mol. The van der Waals surface area contributed by atoms with Crippen molar-refractivity contribution in [3.63, 3.8) is 0 Å². The Bertz CT molecular complexity index is 882. The van der Waals surface area contributed by atoms with Crippen LogP contribution in [0.15, 0.2) is 48.5 Å². The van der Waals surface area contributed by atoms with E-state index in [1.165, 1.54) is 12.0 Å². The Hall–Kier alpha value is -3.10. The molecule has 0 saturated carbocycles. The van der Waals surface area contributed by atoms with Crippen LogP contribution in [0, 0.1) is 11.7 Å². The van der Waals surface area contributed by atoms with Gasteiger partial charge < -0.3 is 15.0 Å². The third kappa shape index (κ3) is 4.67. The minimum atomic E-state index is -4.77. The lowest BCUT2D eigenvalue weighted by atomic mass is 10.0. The molecular weight excluding hydrogens is 392 g/mol. The van der Waals surface area contributed by atoms with Crippen molar-refractivity contribution >= 4 is 17.5 Å². The molecular formula is C20H18F4N2O3. The minimum absolute atomic E-state index is 0.0367. The first-order valence-electron chi connectivity index (χ1n) is 8.76. The van der Waals surface area contributed by atoms with E-state index in [-0.39, 0.29) is 24.4 Å². The van der Waals surface area contributed by atoms with Gasteiger partial charge >= 0.3 is 6.18 Å². The topological polar surface area (TPSA) is 58.6 Å². The number of alkyl halides is 3. The maximum atomic E-state index is 13.4. The molecule has 2 amide bonds. The molecule has 1 N–H and O–H groups in total. The largest absolute Gasteiger partial charge is 0.497 e. The number of hydrogen-bond donors (Lipinski definition) is 1. The molecule has 2 aromatic rings. The zero-order chi connectivity index (χ0) is 21.2. The molecule has 2 unspecified atom stereocenters. The highest BCUT2D eigenvalue weighted by Crippen LogP contribution is 2.34. The van der Waals surface area contributed by atoms with E-state index >= 15 is 0 Å². The Labute approximate surface area is 164 Å². The van der Waals surface area contributed by atoms with Gasteiger partial charge in [0.2, 0.25) is 11.8 Å². The maximum Gasteiger partial charge on any atom is 0.412 e. The fourth-order valence-corrected chi connectivity index (χ4v) is 3.16. The highest BCUT2D eigenvalue weighted by Gasteiger charge is 2.44. The summed E-state index contributed by atoms with van der Waals surface area (Å²) >= 11 is 0. The number of carbonyl (C=O) groups is 2. The molecule has 0 bridgehead atoms. The third-order valence-electron chi connectivity index (χ3n) is 4.70. The first-order valence-corrected chi connectivity index (χ1v) is 8.76. The van der Waals surface area contributed by atoms with Crippen LogP contribution in [0.1, 0.15) is 18.0 Å². The molecule has 1 heterocycles. The van der Waals surface area contributed by atoms with Gasteiger partial charge in [-0.1, -0.05) is 12.1 Å². The SMILES string of the molecule is COc1ccc(N2CC(C(=O)NC(c3ccc(F)cc3)C(F)(F)F)CC2=O)cc1. The van der Waals surface area contributed by atoms with Crippen molar-refractivity contribution in [1.82, 2.24) is 5.32 Å². The quantitative estimate of drug-likeness (QED) is 0.767. The van der Waals surface area contributed by atoms with Crippen molar-refractivity contribution in [3.8, 4) is 5.75 Å². The summed E-state index contributed by atoms with van der Waals surface area (Å²) in [6.07, 6.45) is -4.97. The number of carbonyl (C=O) groups excluding carboxylic acids is 2. The predicted octanol–water partition coefficient (Wildman–Crippen LogP) is 3.61. The molecule has 154 valence electrons. The molecule has 1 aliphatic rings. The van der Waals surface area contributed by atoms with Gasteiger partial charge in [0.1, 0.15) is 11.6 Å². The van der Waals surface area contributed by atoms with E-state index in [0.717, 1.165) is 24.3 Å². The Morgan fingerprint density at radius 2 is 1.76 bits per heavy atom. The Morgan fingerprint density at radius 1 is 1.14 bits per heavy atom.